The molecule has 1 aromatic rings. The summed E-state index contributed by atoms with van der Waals surface area (Å²) in [6.45, 7) is 1.99. The Morgan fingerprint density at radius 1 is 1.17 bits per heavy atom. The maximum atomic E-state index is 12.2. The minimum atomic E-state index is -0.308. The smallest absolute Gasteiger partial charge is 0.410 e. The lowest BCUT2D eigenvalue weighted by Gasteiger charge is -2.33. The van der Waals surface area contributed by atoms with E-state index in [1.807, 2.05) is 6.07 Å². The Hall–Kier alpha value is -2.15. The average Bonchev–Trinajstić information content (AvgIpc) is 2.55. The van der Waals surface area contributed by atoms with Crippen LogP contribution in [0.1, 0.15) is 11.1 Å². The van der Waals surface area contributed by atoms with Crippen molar-refractivity contribution in [3.05, 3.63) is 17.2 Å². The minimum absolute atomic E-state index is 0.121. The lowest BCUT2D eigenvalue weighted by atomic mass is 9.97. The minimum Gasteiger partial charge on any atom is -0.493 e. The van der Waals surface area contributed by atoms with Crippen molar-refractivity contribution in [3.63, 3.8) is 0 Å². The molecule has 126 valence electrons. The van der Waals surface area contributed by atoms with E-state index in [1.165, 1.54) is 0 Å². The van der Waals surface area contributed by atoms with E-state index in [9.17, 15) is 4.79 Å². The van der Waals surface area contributed by atoms with Crippen LogP contribution >= 0.6 is 0 Å². The zero-order chi connectivity index (χ0) is 16.4. The van der Waals surface area contributed by atoms with Crippen molar-refractivity contribution in [1.82, 2.24) is 4.90 Å². The second-order valence-corrected chi connectivity index (χ2v) is 5.50. The Labute approximate surface area is 135 Å². The highest BCUT2D eigenvalue weighted by Crippen LogP contribution is 2.43. The van der Waals surface area contributed by atoms with Crippen LogP contribution in [0, 0.1) is 0 Å². The van der Waals surface area contributed by atoms with Crippen LogP contribution in [0.3, 0.4) is 0 Å². The van der Waals surface area contributed by atoms with Crippen LogP contribution in [0.25, 0.3) is 0 Å². The van der Waals surface area contributed by atoms with Gasteiger partial charge in [0.15, 0.2) is 17.6 Å². The molecule has 23 heavy (non-hydrogen) atoms. The van der Waals surface area contributed by atoms with Crippen molar-refractivity contribution < 1.29 is 28.5 Å². The molecule has 2 aliphatic rings. The van der Waals surface area contributed by atoms with Gasteiger partial charge in [-0.15, -0.1) is 0 Å². The summed E-state index contributed by atoms with van der Waals surface area (Å²) in [4.78, 5) is 13.9. The molecule has 0 aromatic heterocycles. The van der Waals surface area contributed by atoms with Crippen molar-refractivity contribution in [2.75, 3.05) is 41.1 Å². The fourth-order valence-electron chi connectivity index (χ4n) is 2.87. The average molecular weight is 323 g/mol. The number of amides is 1. The molecule has 0 spiro atoms. The van der Waals surface area contributed by atoms with Gasteiger partial charge in [-0.25, -0.2) is 4.79 Å². The highest BCUT2D eigenvalue weighted by molar-refractivity contribution is 5.69. The predicted molar refractivity (Wildman–Crippen MR) is 81.3 cm³/mol. The number of hydrogen-bond donors (Lipinski definition) is 0. The summed E-state index contributed by atoms with van der Waals surface area (Å²) in [6.07, 6.45) is 0.247. The molecule has 2 aliphatic heterocycles. The molecule has 7 heteroatoms. The summed E-state index contributed by atoms with van der Waals surface area (Å²) < 4.78 is 26.7. The number of hydrogen-bond acceptors (Lipinski definition) is 6. The van der Waals surface area contributed by atoms with Gasteiger partial charge in [0.1, 0.15) is 0 Å². The van der Waals surface area contributed by atoms with Gasteiger partial charge in [-0.05, 0) is 18.1 Å². The first-order valence-corrected chi connectivity index (χ1v) is 7.52. The normalized spacial score (nSPS) is 17.1. The van der Waals surface area contributed by atoms with E-state index in [1.54, 1.807) is 26.2 Å². The van der Waals surface area contributed by atoms with Gasteiger partial charge in [0.05, 0.1) is 34.5 Å². The Morgan fingerprint density at radius 3 is 2.48 bits per heavy atom. The third-order valence-corrected chi connectivity index (χ3v) is 4.15. The van der Waals surface area contributed by atoms with Crippen molar-refractivity contribution in [2.24, 2.45) is 0 Å². The molecule has 1 amide bonds. The molecular weight excluding hydrogens is 302 g/mol. The lowest BCUT2D eigenvalue weighted by Crippen LogP contribution is -2.44. The Morgan fingerprint density at radius 2 is 1.91 bits per heavy atom. The van der Waals surface area contributed by atoms with Gasteiger partial charge >= 0.3 is 6.09 Å². The number of rotatable bonds is 4. The lowest BCUT2D eigenvalue weighted by molar-refractivity contribution is -0.105. The zero-order valence-corrected chi connectivity index (χ0v) is 13.6. The van der Waals surface area contributed by atoms with Crippen LogP contribution in [0.15, 0.2) is 6.07 Å². The number of fused-ring (bicyclic) bond motifs is 1. The second kappa shape index (κ2) is 6.54. The largest absolute Gasteiger partial charge is 0.493 e. The summed E-state index contributed by atoms with van der Waals surface area (Å²) in [5.74, 6) is 1.84. The summed E-state index contributed by atoms with van der Waals surface area (Å²) in [7, 11) is 4.77. The number of nitrogens with zero attached hydrogens (tertiary/aromatic N) is 1. The molecule has 7 nitrogen and oxygen atoms in total. The van der Waals surface area contributed by atoms with E-state index in [2.05, 4.69) is 0 Å². The van der Waals surface area contributed by atoms with E-state index in [0.29, 0.717) is 50.0 Å². The summed E-state index contributed by atoms with van der Waals surface area (Å²) in [5, 5.41) is 0. The molecule has 0 bridgehead atoms. The molecule has 0 radical (unpaired) electrons. The van der Waals surface area contributed by atoms with Gasteiger partial charge in [0.2, 0.25) is 5.75 Å². The summed E-state index contributed by atoms with van der Waals surface area (Å²) in [6, 6.07) is 1.89. The summed E-state index contributed by atoms with van der Waals surface area (Å²) >= 11 is 0. The fraction of sp³-hybridized carbons (Fsp3) is 0.562. The van der Waals surface area contributed by atoms with Gasteiger partial charge in [-0.1, -0.05) is 0 Å². The molecule has 0 aliphatic carbocycles. The number of methoxy groups -OCH3 is 3. The van der Waals surface area contributed by atoms with Gasteiger partial charge in [0.25, 0.3) is 0 Å². The fourth-order valence-corrected chi connectivity index (χ4v) is 2.87. The standard InChI is InChI=1S/C16H21NO6/c1-19-13-6-10-7-17(16(18)23-11-8-22-9-11)5-4-12(10)14(20-2)15(13)21-3/h6,11H,4-5,7-9H2,1-3H3. The van der Waals surface area contributed by atoms with Crippen LogP contribution in [-0.2, 0) is 22.4 Å². The van der Waals surface area contributed by atoms with E-state index in [-0.39, 0.29) is 12.2 Å². The van der Waals surface area contributed by atoms with E-state index < -0.39 is 0 Å². The third-order valence-electron chi connectivity index (χ3n) is 4.15. The Bertz CT molecular complexity index is 599. The molecule has 0 unspecified atom stereocenters. The molecule has 0 atom stereocenters. The van der Waals surface area contributed by atoms with Crippen molar-refractivity contribution >= 4 is 6.09 Å². The van der Waals surface area contributed by atoms with Crippen molar-refractivity contribution in [2.45, 2.75) is 19.1 Å². The van der Waals surface area contributed by atoms with E-state index in [0.717, 1.165) is 11.1 Å². The van der Waals surface area contributed by atoms with E-state index >= 15 is 0 Å². The highest BCUT2D eigenvalue weighted by Gasteiger charge is 2.30. The molecule has 0 N–H and O–H groups in total. The van der Waals surface area contributed by atoms with Gasteiger partial charge in [-0.2, -0.15) is 0 Å². The van der Waals surface area contributed by atoms with Crippen molar-refractivity contribution in [3.8, 4) is 17.2 Å². The van der Waals surface area contributed by atoms with Gasteiger partial charge < -0.3 is 28.6 Å². The zero-order valence-electron chi connectivity index (χ0n) is 13.6. The first kappa shape index (κ1) is 15.7. The first-order chi connectivity index (χ1) is 11.2. The molecule has 0 saturated carbocycles. The van der Waals surface area contributed by atoms with Crippen molar-refractivity contribution in [1.29, 1.82) is 0 Å². The quantitative estimate of drug-likeness (QED) is 0.838. The number of carbonyl (C=O) groups is 1. The molecule has 2 heterocycles. The number of ether oxygens (including phenoxy) is 5. The molecule has 3 rings (SSSR count). The monoisotopic (exact) mass is 323 g/mol. The summed E-state index contributed by atoms with van der Waals surface area (Å²) in [5.41, 5.74) is 2.02. The Kier molecular flexibility index (Phi) is 4.47. The number of carbonyl (C=O) groups excluding carboxylic acids is 1. The molecule has 1 aromatic carbocycles. The van der Waals surface area contributed by atoms with Crippen LogP contribution in [0.5, 0.6) is 17.2 Å². The predicted octanol–water partition coefficient (Wildman–Crippen LogP) is 1.61. The maximum Gasteiger partial charge on any atom is 0.410 e. The van der Waals surface area contributed by atoms with Gasteiger partial charge in [0, 0.05) is 18.7 Å². The number of benzene rings is 1. The van der Waals surface area contributed by atoms with E-state index in [4.69, 9.17) is 23.7 Å². The SMILES string of the molecule is COc1cc2c(c(OC)c1OC)CCN(C(=O)OC1COC1)C2. The van der Waals surface area contributed by atoms with Crippen LogP contribution in [0.2, 0.25) is 0 Å². The maximum absolute atomic E-state index is 12.2. The van der Waals surface area contributed by atoms with Crippen LogP contribution in [0.4, 0.5) is 4.79 Å². The topological polar surface area (TPSA) is 66.5 Å². The molecule has 1 saturated heterocycles. The molecule has 1 fully saturated rings. The highest BCUT2D eigenvalue weighted by atomic mass is 16.6. The third kappa shape index (κ3) is 2.88. The van der Waals surface area contributed by atoms with Gasteiger partial charge in [-0.3, -0.25) is 0 Å². The second-order valence-electron chi connectivity index (χ2n) is 5.50. The van der Waals surface area contributed by atoms with Crippen LogP contribution in [-0.4, -0.2) is 58.2 Å². The van der Waals surface area contributed by atoms with Crippen LogP contribution < -0.4 is 14.2 Å². The molecular formula is C16H21NO6. The first-order valence-electron chi connectivity index (χ1n) is 7.52. The Balaban J connectivity index is 1.83.